The largest absolute Gasteiger partial charge is 0.488 e. The number of halogens is 1. The van der Waals surface area contributed by atoms with Gasteiger partial charge in [-0.15, -0.1) is 0 Å². The van der Waals surface area contributed by atoms with E-state index in [1.165, 1.54) is 12.1 Å². The molecule has 1 unspecified atom stereocenters. The summed E-state index contributed by atoms with van der Waals surface area (Å²) in [5.74, 6) is 0.523. The van der Waals surface area contributed by atoms with Crippen molar-refractivity contribution in [3.8, 4) is 16.9 Å². The number of anilines is 1. The minimum absolute atomic E-state index is 0.106. The molecular formula is C13H13FN4O. The summed E-state index contributed by atoms with van der Waals surface area (Å²) in [6.07, 6.45) is 3.62. The molecule has 0 fully saturated rings. The molecule has 0 amide bonds. The maximum absolute atomic E-state index is 13.7. The molecule has 98 valence electrons. The number of ether oxygens (including phenoxy) is 1. The Morgan fingerprint density at radius 2 is 2.05 bits per heavy atom. The molecule has 1 atom stereocenters. The molecule has 1 aromatic heterocycles. The Balaban J connectivity index is 2.10. The zero-order chi connectivity index (χ0) is 13.4. The van der Waals surface area contributed by atoms with Crippen molar-refractivity contribution in [3.05, 3.63) is 35.9 Å². The second-order valence-corrected chi connectivity index (χ2v) is 4.45. The number of nitrogens with zero attached hydrogens (tertiary/aromatic N) is 2. The maximum atomic E-state index is 13.7. The molecule has 6 heteroatoms. The fraction of sp³-hybridized carbons (Fsp3) is 0.231. The van der Waals surface area contributed by atoms with Gasteiger partial charge in [0, 0.05) is 42.0 Å². The van der Waals surface area contributed by atoms with Crippen molar-refractivity contribution < 1.29 is 9.13 Å². The lowest BCUT2D eigenvalue weighted by atomic mass is 10.0. The third kappa shape index (κ3) is 2.10. The van der Waals surface area contributed by atoms with Crippen LogP contribution in [0.25, 0.3) is 11.1 Å². The van der Waals surface area contributed by atoms with Gasteiger partial charge in [-0.25, -0.2) is 14.4 Å². The Hall–Kier alpha value is -2.21. The normalized spacial score (nSPS) is 17.1. The number of aromatic nitrogens is 2. The zero-order valence-corrected chi connectivity index (χ0v) is 10.1. The Morgan fingerprint density at radius 3 is 2.74 bits per heavy atom. The van der Waals surface area contributed by atoms with Crippen LogP contribution in [0.2, 0.25) is 0 Å². The van der Waals surface area contributed by atoms with E-state index in [4.69, 9.17) is 16.2 Å². The quantitative estimate of drug-likeness (QED) is 0.845. The number of hydrogen-bond donors (Lipinski definition) is 2. The highest BCUT2D eigenvalue weighted by Gasteiger charge is 2.26. The Morgan fingerprint density at radius 1 is 1.32 bits per heavy atom. The van der Waals surface area contributed by atoms with Crippen molar-refractivity contribution in [2.24, 2.45) is 5.73 Å². The highest BCUT2D eigenvalue weighted by Crippen LogP contribution is 2.39. The number of rotatable bonds is 2. The number of nitrogen functional groups attached to an aromatic ring is 1. The standard InChI is InChI=1S/C13H13FN4O/c14-9-1-7-2-10(4-15)19-12(7)11(3-9)8-5-17-13(16)18-6-8/h1,3,5-6,10H,2,4,15H2,(H2,16,17,18). The zero-order valence-electron chi connectivity index (χ0n) is 10.1. The molecule has 0 radical (unpaired) electrons. The first-order chi connectivity index (χ1) is 9.17. The van der Waals surface area contributed by atoms with E-state index in [1.54, 1.807) is 12.4 Å². The number of nitrogens with two attached hydrogens (primary N) is 2. The lowest BCUT2D eigenvalue weighted by molar-refractivity contribution is 0.242. The highest BCUT2D eigenvalue weighted by atomic mass is 19.1. The van der Waals surface area contributed by atoms with Crippen molar-refractivity contribution in [1.82, 2.24) is 9.97 Å². The average molecular weight is 260 g/mol. The third-order valence-corrected chi connectivity index (χ3v) is 3.11. The van der Waals surface area contributed by atoms with Gasteiger partial charge in [-0.3, -0.25) is 0 Å². The predicted octanol–water partition coefficient (Wildman–Crippen LogP) is 1.13. The molecule has 1 aliphatic rings. The van der Waals surface area contributed by atoms with E-state index < -0.39 is 0 Å². The first-order valence-corrected chi connectivity index (χ1v) is 5.94. The SMILES string of the molecule is NCC1Cc2cc(F)cc(-c3cnc(N)nc3)c2O1. The van der Waals surface area contributed by atoms with Crippen molar-refractivity contribution >= 4 is 5.95 Å². The van der Waals surface area contributed by atoms with Gasteiger partial charge < -0.3 is 16.2 Å². The van der Waals surface area contributed by atoms with E-state index in [-0.39, 0.29) is 17.9 Å². The van der Waals surface area contributed by atoms with Crippen LogP contribution < -0.4 is 16.2 Å². The number of hydrogen-bond acceptors (Lipinski definition) is 5. The smallest absolute Gasteiger partial charge is 0.219 e. The van der Waals surface area contributed by atoms with Crippen molar-refractivity contribution in [1.29, 1.82) is 0 Å². The van der Waals surface area contributed by atoms with Crippen LogP contribution in [0.3, 0.4) is 0 Å². The third-order valence-electron chi connectivity index (χ3n) is 3.11. The van der Waals surface area contributed by atoms with Crippen LogP contribution in [0, 0.1) is 5.82 Å². The average Bonchev–Trinajstić information content (AvgIpc) is 2.81. The van der Waals surface area contributed by atoms with E-state index in [0.29, 0.717) is 29.8 Å². The minimum atomic E-state index is -0.313. The summed E-state index contributed by atoms with van der Waals surface area (Å²) in [5, 5.41) is 0. The van der Waals surface area contributed by atoms with Crippen LogP contribution in [-0.4, -0.2) is 22.6 Å². The van der Waals surface area contributed by atoms with E-state index >= 15 is 0 Å². The van der Waals surface area contributed by atoms with Crippen molar-refractivity contribution in [2.75, 3.05) is 12.3 Å². The predicted molar refractivity (Wildman–Crippen MR) is 69.0 cm³/mol. The van der Waals surface area contributed by atoms with E-state index in [1.807, 2.05) is 0 Å². The van der Waals surface area contributed by atoms with E-state index in [9.17, 15) is 4.39 Å². The molecule has 4 N–H and O–H groups in total. The fourth-order valence-corrected chi connectivity index (χ4v) is 2.22. The molecule has 19 heavy (non-hydrogen) atoms. The summed E-state index contributed by atoms with van der Waals surface area (Å²) in [6.45, 7) is 0.397. The van der Waals surface area contributed by atoms with Crippen LogP contribution in [0.1, 0.15) is 5.56 Å². The lowest BCUT2D eigenvalue weighted by Crippen LogP contribution is -2.24. The minimum Gasteiger partial charge on any atom is -0.488 e. The molecule has 2 heterocycles. The lowest BCUT2D eigenvalue weighted by Gasteiger charge is -2.10. The molecule has 1 aromatic carbocycles. The molecule has 1 aliphatic heterocycles. The summed E-state index contributed by atoms with van der Waals surface area (Å²) in [6, 6.07) is 2.89. The van der Waals surface area contributed by atoms with Gasteiger partial charge in [0.05, 0.1) is 0 Å². The molecule has 2 aromatic rings. The first kappa shape index (κ1) is 11.9. The van der Waals surface area contributed by atoms with Gasteiger partial charge in [-0.05, 0) is 12.1 Å². The molecule has 0 spiro atoms. The van der Waals surface area contributed by atoms with Gasteiger partial charge >= 0.3 is 0 Å². The Kier molecular flexibility index (Phi) is 2.79. The van der Waals surface area contributed by atoms with Gasteiger partial charge in [0.25, 0.3) is 0 Å². The van der Waals surface area contributed by atoms with Crippen LogP contribution >= 0.6 is 0 Å². The second kappa shape index (κ2) is 4.47. The molecule has 0 bridgehead atoms. The summed E-state index contributed by atoms with van der Waals surface area (Å²) in [5.41, 5.74) is 13.2. The maximum Gasteiger partial charge on any atom is 0.219 e. The van der Waals surface area contributed by atoms with Gasteiger partial charge in [-0.1, -0.05) is 0 Å². The van der Waals surface area contributed by atoms with Crippen LogP contribution in [0.4, 0.5) is 10.3 Å². The molecule has 0 saturated heterocycles. The summed E-state index contributed by atoms with van der Waals surface area (Å²) in [7, 11) is 0. The first-order valence-electron chi connectivity index (χ1n) is 5.94. The Bertz CT molecular complexity index is 615. The molecule has 5 nitrogen and oxygen atoms in total. The van der Waals surface area contributed by atoms with Gasteiger partial charge in [0.15, 0.2) is 0 Å². The van der Waals surface area contributed by atoms with Crippen molar-refractivity contribution in [3.63, 3.8) is 0 Å². The topological polar surface area (TPSA) is 87.0 Å². The van der Waals surface area contributed by atoms with Crippen LogP contribution in [0.15, 0.2) is 24.5 Å². The summed E-state index contributed by atoms with van der Waals surface area (Å²) >= 11 is 0. The van der Waals surface area contributed by atoms with Crippen LogP contribution in [-0.2, 0) is 6.42 Å². The highest BCUT2D eigenvalue weighted by molar-refractivity contribution is 5.72. The van der Waals surface area contributed by atoms with Crippen LogP contribution in [0.5, 0.6) is 5.75 Å². The summed E-state index contributed by atoms with van der Waals surface area (Å²) < 4.78 is 19.4. The number of fused-ring (bicyclic) bond motifs is 1. The van der Waals surface area contributed by atoms with Gasteiger partial charge in [-0.2, -0.15) is 0 Å². The summed E-state index contributed by atoms with van der Waals surface area (Å²) in [4.78, 5) is 7.83. The molecule has 3 rings (SSSR count). The van der Waals surface area contributed by atoms with Crippen molar-refractivity contribution in [2.45, 2.75) is 12.5 Å². The van der Waals surface area contributed by atoms with Gasteiger partial charge in [0.1, 0.15) is 17.7 Å². The second-order valence-electron chi connectivity index (χ2n) is 4.45. The molecule has 0 aliphatic carbocycles. The number of benzene rings is 1. The Labute approximate surface area is 109 Å². The van der Waals surface area contributed by atoms with Gasteiger partial charge in [0.2, 0.25) is 5.95 Å². The van der Waals surface area contributed by atoms with E-state index in [0.717, 1.165) is 5.56 Å². The molecular weight excluding hydrogens is 247 g/mol. The molecule has 0 saturated carbocycles. The van der Waals surface area contributed by atoms with E-state index in [2.05, 4.69) is 9.97 Å². The monoisotopic (exact) mass is 260 g/mol. The fourth-order valence-electron chi connectivity index (χ4n) is 2.22.